The average molecular weight is 410 g/mol. The average Bonchev–Trinajstić information content (AvgIpc) is 2.71. The molecule has 8 nitrogen and oxygen atoms in total. The van der Waals surface area contributed by atoms with E-state index in [1.54, 1.807) is 43.5 Å². The van der Waals surface area contributed by atoms with E-state index >= 15 is 0 Å². The van der Waals surface area contributed by atoms with Crippen molar-refractivity contribution in [1.29, 1.82) is 0 Å². The number of hydrogen-bond donors (Lipinski definition) is 2. The van der Waals surface area contributed by atoms with Crippen LogP contribution in [0.2, 0.25) is 0 Å². The number of hydrogen-bond acceptors (Lipinski definition) is 6. The summed E-state index contributed by atoms with van der Waals surface area (Å²) >= 11 is 0. The topological polar surface area (TPSA) is 121 Å². The van der Waals surface area contributed by atoms with E-state index in [9.17, 15) is 14.4 Å². The molecule has 0 atom stereocenters. The third kappa shape index (κ3) is 4.96. The molecule has 3 rings (SSSR count). The number of rotatable bonds is 8. The number of aryl methyl sites for hydroxylation is 1. The quantitative estimate of drug-likeness (QED) is 0.551. The monoisotopic (exact) mass is 410 g/mol. The Hall–Kier alpha value is -3.81. The number of carbonyl (C=O) groups excluding carboxylic acids is 2. The van der Waals surface area contributed by atoms with Crippen LogP contribution in [0.25, 0.3) is 11.0 Å². The number of methoxy groups -OCH3 is 1. The molecule has 0 unspecified atom stereocenters. The van der Waals surface area contributed by atoms with Crippen molar-refractivity contribution in [2.45, 2.75) is 19.8 Å². The van der Waals surface area contributed by atoms with Crippen molar-refractivity contribution in [3.63, 3.8) is 0 Å². The van der Waals surface area contributed by atoms with Crippen LogP contribution in [-0.4, -0.2) is 25.5 Å². The lowest BCUT2D eigenvalue weighted by Gasteiger charge is -2.10. The van der Waals surface area contributed by atoms with Gasteiger partial charge in [0.05, 0.1) is 7.11 Å². The summed E-state index contributed by atoms with van der Waals surface area (Å²) in [5, 5.41) is 3.54. The van der Waals surface area contributed by atoms with E-state index in [0.717, 1.165) is 10.9 Å². The molecule has 1 aromatic heterocycles. The molecule has 8 heteroatoms. The summed E-state index contributed by atoms with van der Waals surface area (Å²) in [7, 11) is 1.54. The van der Waals surface area contributed by atoms with Crippen LogP contribution in [0.3, 0.4) is 0 Å². The first-order valence-electron chi connectivity index (χ1n) is 9.28. The van der Waals surface area contributed by atoms with Gasteiger partial charge in [0.25, 0.3) is 5.91 Å². The second-order valence-corrected chi connectivity index (χ2v) is 6.69. The molecule has 0 aliphatic rings. The van der Waals surface area contributed by atoms with Gasteiger partial charge in [-0.3, -0.25) is 9.59 Å². The molecule has 0 aliphatic heterocycles. The Morgan fingerprint density at radius 3 is 2.67 bits per heavy atom. The first-order valence-corrected chi connectivity index (χ1v) is 9.28. The van der Waals surface area contributed by atoms with Crippen molar-refractivity contribution in [1.82, 2.24) is 0 Å². The van der Waals surface area contributed by atoms with Crippen LogP contribution in [0.5, 0.6) is 11.5 Å². The first-order chi connectivity index (χ1) is 14.4. The molecule has 3 N–H and O–H groups in total. The Kier molecular flexibility index (Phi) is 6.36. The third-order valence-corrected chi connectivity index (χ3v) is 4.60. The number of amides is 2. The van der Waals surface area contributed by atoms with Crippen molar-refractivity contribution in [2.24, 2.45) is 5.73 Å². The Morgan fingerprint density at radius 1 is 1.13 bits per heavy atom. The van der Waals surface area contributed by atoms with Gasteiger partial charge < -0.3 is 24.9 Å². The van der Waals surface area contributed by atoms with Crippen LogP contribution in [0.4, 0.5) is 5.69 Å². The van der Waals surface area contributed by atoms with Gasteiger partial charge in [-0.25, -0.2) is 4.79 Å². The predicted octanol–water partition coefficient (Wildman–Crippen LogP) is 2.55. The van der Waals surface area contributed by atoms with E-state index in [0.29, 0.717) is 28.3 Å². The minimum absolute atomic E-state index is 0.0969. The lowest BCUT2D eigenvalue weighted by atomic mass is 10.0. The van der Waals surface area contributed by atoms with E-state index in [1.165, 1.54) is 0 Å². The maximum Gasteiger partial charge on any atom is 0.339 e. The summed E-state index contributed by atoms with van der Waals surface area (Å²) in [6, 6.07) is 11.9. The molecule has 3 aromatic rings. The number of nitrogens with two attached hydrogens (primary N) is 1. The van der Waals surface area contributed by atoms with Crippen molar-refractivity contribution < 1.29 is 23.5 Å². The standard InChI is InChI=1S/C22H22N2O6/c1-13-17-7-6-15(28-2)11-19(17)30-22(27)18(13)8-9-21(26)24-14-4-3-5-16(10-14)29-12-20(23)25/h3-7,10-11H,8-9,12H2,1-2H3,(H2,23,25)(H,24,26). The molecule has 156 valence electrons. The number of benzene rings is 2. The first kappa shape index (κ1) is 20.9. The highest BCUT2D eigenvalue weighted by Crippen LogP contribution is 2.24. The molecule has 0 radical (unpaired) electrons. The molecule has 0 fully saturated rings. The number of nitrogens with one attached hydrogen (secondary N) is 1. The maximum absolute atomic E-state index is 12.4. The Morgan fingerprint density at radius 2 is 1.93 bits per heavy atom. The van der Waals surface area contributed by atoms with Crippen LogP contribution in [0, 0.1) is 6.92 Å². The summed E-state index contributed by atoms with van der Waals surface area (Å²) in [4.78, 5) is 35.6. The summed E-state index contributed by atoms with van der Waals surface area (Å²) in [6.45, 7) is 1.58. The molecular weight excluding hydrogens is 388 g/mol. The van der Waals surface area contributed by atoms with Crippen LogP contribution in [0.1, 0.15) is 17.5 Å². The second kappa shape index (κ2) is 9.13. The number of fused-ring (bicyclic) bond motifs is 1. The zero-order valence-electron chi connectivity index (χ0n) is 16.7. The highest BCUT2D eigenvalue weighted by atomic mass is 16.5. The van der Waals surface area contributed by atoms with Crippen LogP contribution < -0.4 is 26.1 Å². The Labute approximate surface area is 172 Å². The zero-order chi connectivity index (χ0) is 21.7. The molecular formula is C22H22N2O6. The lowest BCUT2D eigenvalue weighted by molar-refractivity contribution is -0.120. The van der Waals surface area contributed by atoms with E-state index < -0.39 is 11.5 Å². The van der Waals surface area contributed by atoms with Gasteiger partial charge >= 0.3 is 5.63 Å². The van der Waals surface area contributed by atoms with Gasteiger partial charge in [0.1, 0.15) is 17.1 Å². The molecule has 0 spiro atoms. The SMILES string of the molecule is COc1ccc2c(C)c(CCC(=O)Nc3cccc(OCC(N)=O)c3)c(=O)oc2c1. The summed E-state index contributed by atoms with van der Waals surface area (Å²) in [5.41, 5.74) is 6.77. The molecule has 2 amide bonds. The third-order valence-electron chi connectivity index (χ3n) is 4.60. The molecule has 30 heavy (non-hydrogen) atoms. The summed E-state index contributed by atoms with van der Waals surface area (Å²) in [6.07, 6.45) is 0.333. The Bertz CT molecular complexity index is 1150. The smallest absolute Gasteiger partial charge is 0.339 e. The largest absolute Gasteiger partial charge is 0.497 e. The number of ether oxygens (including phenoxy) is 2. The fraction of sp³-hybridized carbons (Fsp3) is 0.227. The van der Waals surface area contributed by atoms with Gasteiger partial charge in [-0.1, -0.05) is 6.07 Å². The summed E-state index contributed by atoms with van der Waals surface area (Å²) < 4.78 is 15.8. The van der Waals surface area contributed by atoms with Gasteiger partial charge in [0.15, 0.2) is 6.61 Å². The van der Waals surface area contributed by atoms with Gasteiger partial charge in [0.2, 0.25) is 5.91 Å². The molecule has 0 bridgehead atoms. The van der Waals surface area contributed by atoms with Crippen LogP contribution in [-0.2, 0) is 16.0 Å². The molecule has 2 aromatic carbocycles. The van der Waals surface area contributed by atoms with E-state index in [-0.39, 0.29) is 25.4 Å². The van der Waals surface area contributed by atoms with E-state index in [4.69, 9.17) is 19.6 Å². The molecule has 1 heterocycles. The van der Waals surface area contributed by atoms with Crippen molar-refractivity contribution in [2.75, 3.05) is 19.0 Å². The second-order valence-electron chi connectivity index (χ2n) is 6.69. The van der Waals surface area contributed by atoms with Gasteiger partial charge in [-0.15, -0.1) is 0 Å². The zero-order valence-corrected chi connectivity index (χ0v) is 16.7. The Balaban J connectivity index is 1.69. The number of anilines is 1. The van der Waals surface area contributed by atoms with Gasteiger partial charge in [-0.05, 0) is 43.2 Å². The highest BCUT2D eigenvalue weighted by molar-refractivity contribution is 5.91. The minimum atomic E-state index is -0.590. The van der Waals surface area contributed by atoms with Crippen LogP contribution in [0.15, 0.2) is 51.7 Å². The highest BCUT2D eigenvalue weighted by Gasteiger charge is 2.14. The number of carbonyl (C=O) groups is 2. The maximum atomic E-state index is 12.4. The minimum Gasteiger partial charge on any atom is -0.497 e. The predicted molar refractivity (Wildman–Crippen MR) is 112 cm³/mol. The fourth-order valence-electron chi connectivity index (χ4n) is 3.07. The summed E-state index contributed by atoms with van der Waals surface area (Å²) in [5.74, 6) is 0.149. The van der Waals surface area contributed by atoms with Crippen molar-refractivity contribution in [3.05, 3.63) is 64.0 Å². The van der Waals surface area contributed by atoms with Crippen molar-refractivity contribution in [3.8, 4) is 11.5 Å². The lowest BCUT2D eigenvalue weighted by Crippen LogP contribution is -2.20. The normalized spacial score (nSPS) is 10.6. The van der Waals surface area contributed by atoms with Crippen molar-refractivity contribution >= 4 is 28.5 Å². The van der Waals surface area contributed by atoms with Gasteiger partial charge in [-0.2, -0.15) is 0 Å². The fourth-order valence-corrected chi connectivity index (χ4v) is 3.07. The van der Waals surface area contributed by atoms with Crippen LogP contribution >= 0.6 is 0 Å². The van der Waals surface area contributed by atoms with E-state index in [1.807, 2.05) is 13.0 Å². The van der Waals surface area contributed by atoms with E-state index in [2.05, 4.69) is 5.32 Å². The molecule has 0 aliphatic carbocycles. The number of primary amides is 1. The molecule has 0 saturated carbocycles. The molecule has 0 saturated heterocycles. The van der Waals surface area contributed by atoms with Gasteiger partial charge in [0, 0.05) is 35.2 Å².